The molecule has 0 radical (unpaired) electrons. The van der Waals surface area contributed by atoms with E-state index >= 15 is 0 Å². The molecular formula is C28H33N3O5S. The Morgan fingerprint density at radius 3 is 2.46 bits per heavy atom. The van der Waals surface area contributed by atoms with E-state index in [1.165, 1.54) is 18.3 Å². The topological polar surface area (TPSA) is 109 Å². The van der Waals surface area contributed by atoms with Crippen LogP contribution in [0.15, 0.2) is 65.7 Å². The predicted molar refractivity (Wildman–Crippen MR) is 142 cm³/mol. The summed E-state index contributed by atoms with van der Waals surface area (Å²) < 4.78 is 35.1. The molecule has 2 atom stereocenters. The van der Waals surface area contributed by atoms with Gasteiger partial charge in [-0.1, -0.05) is 31.2 Å². The number of aryl methyl sites for hydroxylation is 2. The number of fused-ring (bicyclic) bond motifs is 1. The van der Waals surface area contributed by atoms with Gasteiger partial charge in [0.15, 0.2) is 0 Å². The van der Waals surface area contributed by atoms with E-state index in [1.54, 1.807) is 36.9 Å². The fourth-order valence-corrected chi connectivity index (χ4v) is 5.66. The van der Waals surface area contributed by atoms with Gasteiger partial charge in [0.2, 0.25) is 15.9 Å². The number of sulfonamides is 1. The van der Waals surface area contributed by atoms with E-state index in [9.17, 15) is 18.3 Å². The lowest BCUT2D eigenvalue weighted by Crippen LogP contribution is -2.53. The molecule has 0 bridgehead atoms. The van der Waals surface area contributed by atoms with Crippen molar-refractivity contribution >= 4 is 21.6 Å². The Morgan fingerprint density at radius 2 is 1.84 bits per heavy atom. The van der Waals surface area contributed by atoms with E-state index in [2.05, 4.69) is 9.71 Å². The highest BCUT2D eigenvalue weighted by molar-refractivity contribution is 7.89. The molecule has 0 fully saturated rings. The Balaban J connectivity index is 1.73. The smallest absolute Gasteiger partial charge is 0.259 e. The van der Waals surface area contributed by atoms with Crippen LogP contribution >= 0.6 is 0 Å². The molecule has 0 aliphatic carbocycles. The van der Waals surface area contributed by atoms with Crippen molar-refractivity contribution in [3.05, 3.63) is 83.0 Å². The van der Waals surface area contributed by atoms with Gasteiger partial charge in [-0.15, -0.1) is 0 Å². The molecule has 37 heavy (non-hydrogen) atoms. The van der Waals surface area contributed by atoms with Crippen molar-refractivity contribution in [1.82, 2.24) is 9.71 Å². The van der Waals surface area contributed by atoms with Crippen LogP contribution in [-0.2, 0) is 16.4 Å². The van der Waals surface area contributed by atoms with E-state index in [-0.39, 0.29) is 22.2 Å². The second-order valence-corrected chi connectivity index (χ2v) is 11.5. The summed E-state index contributed by atoms with van der Waals surface area (Å²) in [6.07, 6.45) is 0.965. The van der Waals surface area contributed by atoms with Gasteiger partial charge in [-0.2, -0.15) is 0 Å². The van der Waals surface area contributed by atoms with Crippen molar-refractivity contribution in [2.45, 2.75) is 63.7 Å². The summed E-state index contributed by atoms with van der Waals surface area (Å²) in [7, 11) is -4.00. The first-order valence-corrected chi connectivity index (χ1v) is 13.8. The maximum Gasteiger partial charge on any atom is 0.259 e. The number of nitrogens with one attached hydrogen (secondary N) is 1. The zero-order valence-corrected chi connectivity index (χ0v) is 22.5. The SMILES string of the molecule is CCc1ccc(S(=O)(=O)N[C@@H]2c3cc(C(=O)N(CC)c4cccc(C)c4)cnc3OC(C)(C)[C@H]2O)cc1. The number of nitrogens with zero attached hydrogens (tertiary/aromatic N) is 2. The summed E-state index contributed by atoms with van der Waals surface area (Å²) in [6, 6.07) is 14.7. The highest BCUT2D eigenvalue weighted by Gasteiger charge is 2.45. The standard InChI is InChI=1S/C28H33N3O5S/c1-6-19-11-13-22(14-12-19)37(34,35)30-24-23-16-20(17-29-26(23)36-28(4,5)25(24)32)27(33)31(7-2)21-10-8-9-18(3)15-21/h8-17,24-25,30,32H,6-7H2,1-5H3/t24-,25+/m1/s1. The van der Waals surface area contributed by atoms with Crippen molar-refractivity contribution in [3.63, 3.8) is 0 Å². The number of ether oxygens (including phenoxy) is 1. The molecule has 0 spiro atoms. The van der Waals surface area contributed by atoms with Gasteiger partial charge >= 0.3 is 0 Å². The predicted octanol–water partition coefficient (Wildman–Crippen LogP) is 4.17. The fraction of sp³-hybridized carbons (Fsp3) is 0.357. The van der Waals surface area contributed by atoms with Crippen molar-refractivity contribution < 1.29 is 23.1 Å². The summed E-state index contributed by atoms with van der Waals surface area (Å²) >= 11 is 0. The van der Waals surface area contributed by atoms with Crippen LogP contribution in [0, 0.1) is 6.92 Å². The lowest BCUT2D eigenvalue weighted by Gasteiger charge is -2.41. The molecule has 1 aliphatic rings. The van der Waals surface area contributed by atoms with Gasteiger partial charge in [0, 0.05) is 24.0 Å². The van der Waals surface area contributed by atoms with Crippen LogP contribution in [0.1, 0.15) is 60.8 Å². The summed E-state index contributed by atoms with van der Waals surface area (Å²) in [6.45, 7) is 9.57. The zero-order valence-electron chi connectivity index (χ0n) is 21.7. The molecule has 2 N–H and O–H groups in total. The van der Waals surface area contributed by atoms with Crippen LogP contribution in [0.3, 0.4) is 0 Å². The first-order valence-electron chi connectivity index (χ1n) is 12.3. The molecule has 4 rings (SSSR count). The molecule has 3 aromatic rings. The number of amides is 1. The Kier molecular flexibility index (Phi) is 7.41. The third-order valence-electron chi connectivity index (χ3n) is 6.65. The third kappa shape index (κ3) is 5.39. The van der Waals surface area contributed by atoms with Crippen molar-refractivity contribution in [1.29, 1.82) is 0 Å². The second-order valence-electron chi connectivity index (χ2n) is 9.75. The second kappa shape index (κ2) is 10.2. The summed E-state index contributed by atoms with van der Waals surface area (Å²) in [5.74, 6) is -0.126. The minimum atomic E-state index is -4.00. The maximum absolute atomic E-state index is 13.5. The van der Waals surface area contributed by atoms with Gasteiger partial charge in [-0.05, 0) is 75.6 Å². The van der Waals surface area contributed by atoms with E-state index in [4.69, 9.17) is 4.74 Å². The number of anilines is 1. The van der Waals surface area contributed by atoms with E-state index in [0.717, 1.165) is 23.2 Å². The number of carbonyl (C=O) groups is 1. The van der Waals surface area contributed by atoms with Crippen molar-refractivity contribution in [2.24, 2.45) is 0 Å². The lowest BCUT2D eigenvalue weighted by atomic mass is 9.88. The molecule has 2 heterocycles. The lowest BCUT2D eigenvalue weighted by molar-refractivity contribution is -0.0632. The minimum absolute atomic E-state index is 0.0829. The molecular weight excluding hydrogens is 490 g/mol. The largest absolute Gasteiger partial charge is 0.469 e. The molecule has 8 nitrogen and oxygen atoms in total. The first-order chi connectivity index (χ1) is 17.5. The number of aliphatic hydroxyl groups excluding tert-OH is 1. The van der Waals surface area contributed by atoms with Gasteiger partial charge in [0.25, 0.3) is 5.91 Å². The molecule has 0 unspecified atom stereocenters. The number of hydrogen-bond acceptors (Lipinski definition) is 6. The average molecular weight is 524 g/mol. The molecule has 196 valence electrons. The summed E-state index contributed by atoms with van der Waals surface area (Å²) in [4.78, 5) is 19.6. The van der Waals surface area contributed by atoms with Gasteiger partial charge in [0.05, 0.1) is 16.5 Å². The molecule has 1 aliphatic heterocycles. The van der Waals surface area contributed by atoms with E-state index < -0.39 is 27.8 Å². The molecule has 2 aromatic carbocycles. The normalized spacial score (nSPS) is 18.5. The third-order valence-corrected chi connectivity index (χ3v) is 8.10. The zero-order chi connectivity index (χ0) is 27.0. The Morgan fingerprint density at radius 1 is 1.14 bits per heavy atom. The van der Waals surface area contributed by atoms with Crippen LogP contribution in [0.5, 0.6) is 5.88 Å². The van der Waals surface area contributed by atoms with Crippen LogP contribution < -0.4 is 14.4 Å². The number of aliphatic hydroxyl groups is 1. The maximum atomic E-state index is 13.5. The number of benzene rings is 2. The molecule has 0 saturated heterocycles. The fourth-order valence-electron chi connectivity index (χ4n) is 4.44. The van der Waals surface area contributed by atoms with Crippen molar-refractivity contribution in [2.75, 3.05) is 11.4 Å². The van der Waals surface area contributed by atoms with E-state index in [1.807, 2.05) is 45.0 Å². The van der Waals surface area contributed by atoms with Crippen LogP contribution in [0.25, 0.3) is 0 Å². The molecule has 0 saturated carbocycles. The van der Waals surface area contributed by atoms with Crippen LogP contribution in [-0.4, -0.2) is 42.7 Å². The number of pyridine rings is 1. The number of rotatable bonds is 7. The monoisotopic (exact) mass is 523 g/mol. The average Bonchev–Trinajstić information content (AvgIpc) is 2.87. The highest BCUT2D eigenvalue weighted by atomic mass is 32.2. The van der Waals surface area contributed by atoms with Crippen LogP contribution in [0.4, 0.5) is 5.69 Å². The number of carbonyl (C=O) groups excluding carboxylic acids is 1. The van der Waals surface area contributed by atoms with Gasteiger partial charge in [-0.3, -0.25) is 4.79 Å². The summed E-state index contributed by atoms with van der Waals surface area (Å²) in [5, 5.41) is 11.2. The quantitative estimate of drug-likeness (QED) is 0.481. The molecule has 1 amide bonds. The Bertz CT molecular complexity index is 1400. The Labute approximate surface area is 218 Å². The van der Waals surface area contributed by atoms with Crippen LogP contribution in [0.2, 0.25) is 0 Å². The van der Waals surface area contributed by atoms with Gasteiger partial charge in [-0.25, -0.2) is 18.1 Å². The van der Waals surface area contributed by atoms with Crippen molar-refractivity contribution in [3.8, 4) is 5.88 Å². The number of aromatic nitrogens is 1. The van der Waals surface area contributed by atoms with Gasteiger partial charge in [0.1, 0.15) is 11.7 Å². The summed E-state index contributed by atoms with van der Waals surface area (Å²) in [5.41, 5.74) is 2.21. The first kappa shape index (κ1) is 26.8. The Hall–Kier alpha value is -3.27. The molecule has 1 aromatic heterocycles. The minimum Gasteiger partial charge on any atom is -0.469 e. The highest BCUT2D eigenvalue weighted by Crippen LogP contribution is 2.40. The van der Waals surface area contributed by atoms with E-state index in [0.29, 0.717) is 12.1 Å². The molecule has 9 heteroatoms. The number of hydrogen-bond donors (Lipinski definition) is 2. The van der Waals surface area contributed by atoms with Gasteiger partial charge < -0.3 is 14.7 Å².